The zero-order valence-corrected chi connectivity index (χ0v) is 27.3. The highest BCUT2D eigenvalue weighted by molar-refractivity contribution is 6.34. The maximum absolute atomic E-state index is 14.3. The Labute approximate surface area is 279 Å². The van der Waals surface area contributed by atoms with Crippen molar-refractivity contribution in [2.24, 2.45) is 5.73 Å². The maximum atomic E-state index is 14.3. The van der Waals surface area contributed by atoms with E-state index in [9.17, 15) is 22.8 Å². The second kappa shape index (κ2) is 12.1. The van der Waals surface area contributed by atoms with Crippen LogP contribution in [-0.4, -0.2) is 81.4 Å². The van der Waals surface area contributed by atoms with Gasteiger partial charge in [0.25, 0.3) is 5.91 Å². The number of rotatable bonds is 6. The fraction of sp³-hybridized carbons (Fsp3) is 0.333. The van der Waals surface area contributed by atoms with Gasteiger partial charge < -0.3 is 15.4 Å². The first-order chi connectivity index (χ1) is 22.1. The van der Waals surface area contributed by atoms with Crippen LogP contribution in [0.2, 0.25) is 10.0 Å². The molecule has 9 nitrogen and oxygen atoms in total. The van der Waals surface area contributed by atoms with Gasteiger partial charge >= 0.3 is 6.18 Å². The second-order valence-corrected chi connectivity index (χ2v) is 13.2. The number of piperazine rings is 1. The van der Waals surface area contributed by atoms with E-state index >= 15 is 0 Å². The Hall–Kier alpha value is -4.13. The van der Waals surface area contributed by atoms with E-state index in [1.165, 1.54) is 11.1 Å². The molecule has 2 aromatic carbocycles. The van der Waals surface area contributed by atoms with E-state index in [1.54, 1.807) is 61.0 Å². The largest absolute Gasteiger partial charge is 0.496 e. The van der Waals surface area contributed by atoms with E-state index in [2.05, 4.69) is 4.98 Å². The molecule has 6 rings (SSSR count). The lowest BCUT2D eigenvalue weighted by atomic mass is 9.85. The lowest BCUT2D eigenvalue weighted by molar-refractivity contribution is -0.153. The van der Waals surface area contributed by atoms with E-state index in [1.807, 2.05) is 12.1 Å². The molecule has 0 spiro atoms. The van der Waals surface area contributed by atoms with Crippen molar-refractivity contribution >= 4 is 35.0 Å². The van der Waals surface area contributed by atoms with Crippen molar-refractivity contribution in [2.75, 3.05) is 33.3 Å². The number of nitrogens with two attached hydrogens (primary N) is 1. The molecule has 2 N–H and O–H groups in total. The Balaban J connectivity index is 1.51. The van der Waals surface area contributed by atoms with Crippen LogP contribution in [0.15, 0.2) is 48.8 Å². The number of hydrogen-bond donors (Lipinski definition) is 1. The molecule has 0 saturated carbocycles. The van der Waals surface area contributed by atoms with Crippen molar-refractivity contribution < 1.29 is 27.5 Å². The van der Waals surface area contributed by atoms with Crippen molar-refractivity contribution in [3.05, 3.63) is 81.2 Å². The monoisotopic (exact) mass is 686 g/mol. The number of aromatic nitrogens is 3. The molecule has 0 unspecified atom stereocenters. The normalized spacial score (nSPS) is 16.0. The number of pyridine rings is 1. The minimum absolute atomic E-state index is 0.0510. The summed E-state index contributed by atoms with van der Waals surface area (Å²) in [6.07, 6.45) is -0.333. The number of alkyl halides is 3. The van der Waals surface area contributed by atoms with E-state index in [4.69, 9.17) is 38.8 Å². The molecule has 1 saturated heterocycles. The molecule has 0 bridgehead atoms. The molecular formula is C33H31Cl2F3N6O3. The highest BCUT2D eigenvalue weighted by atomic mass is 35.5. The number of fused-ring (bicyclic) bond motifs is 3. The molecule has 1 fully saturated rings. The molecule has 1 aliphatic heterocycles. The molecule has 0 atom stereocenters. The minimum atomic E-state index is -4.34. The fourth-order valence-electron chi connectivity index (χ4n) is 6.56. The van der Waals surface area contributed by atoms with Crippen LogP contribution >= 0.6 is 23.2 Å². The number of ether oxygens (including phenoxy) is 1. The van der Waals surface area contributed by atoms with Crippen LogP contribution < -0.4 is 10.5 Å². The number of methoxy groups -OCH3 is 1. The summed E-state index contributed by atoms with van der Waals surface area (Å²) in [5.41, 5.74) is 9.85. The van der Waals surface area contributed by atoms with Gasteiger partial charge in [0.2, 0.25) is 5.91 Å². The van der Waals surface area contributed by atoms with Crippen LogP contribution in [-0.2, 0) is 12.8 Å². The number of amides is 2. The summed E-state index contributed by atoms with van der Waals surface area (Å²) < 4.78 is 47.0. The zero-order valence-electron chi connectivity index (χ0n) is 25.8. The molecule has 3 heterocycles. The zero-order chi connectivity index (χ0) is 33.8. The van der Waals surface area contributed by atoms with Gasteiger partial charge in [-0.25, -0.2) is 4.68 Å². The van der Waals surface area contributed by atoms with Crippen LogP contribution in [0.3, 0.4) is 0 Å². The van der Waals surface area contributed by atoms with Gasteiger partial charge in [0.15, 0.2) is 5.69 Å². The van der Waals surface area contributed by atoms with Gasteiger partial charge in [0.1, 0.15) is 5.75 Å². The average molecular weight is 688 g/mol. The molecule has 2 amide bonds. The van der Waals surface area contributed by atoms with Crippen molar-refractivity contribution in [3.8, 4) is 33.8 Å². The Morgan fingerprint density at radius 3 is 2.36 bits per heavy atom. The predicted molar refractivity (Wildman–Crippen MR) is 172 cm³/mol. The summed E-state index contributed by atoms with van der Waals surface area (Å²) in [5.74, 6) is -0.442. The topological polar surface area (TPSA) is 107 Å². The molecule has 47 heavy (non-hydrogen) atoms. The number of primary amides is 1. The van der Waals surface area contributed by atoms with Crippen LogP contribution in [0.1, 0.15) is 45.8 Å². The average Bonchev–Trinajstić information content (AvgIpc) is 3.39. The number of hydrogen-bond acceptors (Lipinski definition) is 6. The van der Waals surface area contributed by atoms with E-state index in [-0.39, 0.29) is 36.8 Å². The third kappa shape index (κ3) is 6.41. The molecule has 2 aromatic heterocycles. The summed E-state index contributed by atoms with van der Waals surface area (Å²) in [6, 6.07) is 10.4. The van der Waals surface area contributed by atoms with E-state index < -0.39 is 24.2 Å². The lowest BCUT2D eigenvalue weighted by Crippen LogP contribution is -2.62. The van der Waals surface area contributed by atoms with Crippen molar-refractivity contribution in [1.82, 2.24) is 24.6 Å². The third-order valence-corrected chi connectivity index (χ3v) is 9.00. The number of benzene rings is 2. The first-order valence-electron chi connectivity index (χ1n) is 14.8. The van der Waals surface area contributed by atoms with E-state index in [0.717, 1.165) is 11.1 Å². The van der Waals surface area contributed by atoms with Crippen LogP contribution in [0.4, 0.5) is 13.2 Å². The molecule has 0 radical (unpaired) electrons. The summed E-state index contributed by atoms with van der Waals surface area (Å²) in [6.45, 7) is 2.71. The molecule has 246 valence electrons. The van der Waals surface area contributed by atoms with Crippen molar-refractivity contribution in [3.63, 3.8) is 0 Å². The SMILES string of the molecule is COc1cc2c(cc1-c1cncc(C(N)=O)c1)-c1c(c(C(=O)N3CCN(CC(F)(F)F)CC3(C)C)nn1-c1cc(Cl)cc(Cl)c1)CC2. The van der Waals surface area contributed by atoms with Gasteiger partial charge in [0, 0.05) is 64.3 Å². The number of carbonyl (C=O) groups excluding carboxylic acids is 2. The quantitative estimate of drug-likeness (QED) is 0.258. The van der Waals surface area contributed by atoms with Crippen LogP contribution in [0, 0.1) is 0 Å². The highest BCUT2D eigenvalue weighted by Crippen LogP contribution is 2.44. The van der Waals surface area contributed by atoms with E-state index in [0.29, 0.717) is 56.7 Å². The Bertz CT molecular complexity index is 1890. The molecular weight excluding hydrogens is 656 g/mol. The number of aryl methyl sites for hydroxylation is 1. The van der Waals surface area contributed by atoms with Crippen molar-refractivity contribution in [1.29, 1.82) is 0 Å². The molecule has 14 heteroatoms. The smallest absolute Gasteiger partial charge is 0.401 e. The number of carbonyl (C=O) groups is 2. The summed E-state index contributed by atoms with van der Waals surface area (Å²) >= 11 is 12.8. The van der Waals surface area contributed by atoms with Gasteiger partial charge in [-0.2, -0.15) is 18.3 Å². The summed E-state index contributed by atoms with van der Waals surface area (Å²) in [7, 11) is 1.55. The van der Waals surface area contributed by atoms with Crippen LogP contribution in [0.25, 0.3) is 28.1 Å². The first-order valence-corrected chi connectivity index (χ1v) is 15.6. The Morgan fingerprint density at radius 2 is 1.72 bits per heavy atom. The van der Waals surface area contributed by atoms with Gasteiger partial charge in [-0.15, -0.1) is 0 Å². The Morgan fingerprint density at radius 1 is 1.00 bits per heavy atom. The van der Waals surface area contributed by atoms with Gasteiger partial charge in [0.05, 0.1) is 36.1 Å². The van der Waals surface area contributed by atoms with Crippen molar-refractivity contribution in [2.45, 2.75) is 38.4 Å². The highest BCUT2D eigenvalue weighted by Gasteiger charge is 2.43. The number of halogens is 5. The van der Waals surface area contributed by atoms with Gasteiger partial charge in [-0.05, 0) is 68.7 Å². The predicted octanol–water partition coefficient (Wildman–Crippen LogP) is 6.21. The lowest BCUT2D eigenvalue weighted by Gasteiger charge is -2.47. The van der Waals surface area contributed by atoms with Gasteiger partial charge in [-0.1, -0.05) is 23.2 Å². The first kappa shape index (κ1) is 32.8. The fourth-order valence-corrected chi connectivity index (χ4v) is 7.07. The Kier molecular flexibility index (Phi) is 8.48. The van der Waals surface area contributed by atoms with Gasteiger partial charge in [-0.3, -0.25) is 19.5 Å². The molecule has 2 aliphatic rings. The minimum Gasteiger partial charge on any atom is -0.496 e. The molecule has 4 aromatic rings. The third-order valence-electron chi connectivity index (χ3n) is 8.57. The summed E-state index contributed by atoms with van der Waals surface area (Å²) in [4.78, 5) is 33.4. The maximum Gasteiger partial charge on any atom is 0.401 e. The standard InChI is InChI=1S/C33H31Cl2F3N6O3/c1-32(2)16-42(17-33(36,37)38)6-7-43(32)31(46)28-24-5-4-18-9-27(47-3)25(19-8-20(30(39)45)15-40-14-19)13-26(18)29(24)44(41-28)23-11-21(34)10-22(35)12-23/h8-15H,4-7,16-17H2,1-3H3,(H2,39,45). The second-order valence-electron chi connectivity index (χ2n) is 12.3. The van der Waals surface area contributed by atoms with Crippen LogP contribution in [0.5, 0.6) is 5.75 Å². The molecule has 1 aliphatic carbocycles. The summed E-state index contributed by atoms with van der Waals surface area (Å²) in [5, 5.41) is 5.59. The number of nitrogens with zero attached hydrogens (tertiary/aromatic N) is 5.